The summed E-state index contributed by atoms with van der Waals surface area (Å²) in [4.78, 5) is 26.5. The fourth-order valence-electron chi connectivity index (χ4n) is 4.80. The van der Waals surface area contributed by atoms with Gasteiger partial charge in [0.05, 0.1) is 23.1 Å². The molecule has 1 aliphatic rings. The Bertz CT molecular complexity index is 1310. The van der Waals surface area contributed by atoms with Crippen molar-refractivity contribution < 1.29 is 4.42 Å². The van der Waals surface area contributed by atoms with Gasteiger partial charge >= 0.3 is 5.63 Å². The minimum absolute atomic E-state index is 0.379. The number of piperazine rings is 1. The first kappa shape index (κ1) is 19.8. The van der Waals surface area contributed by atoms with Crippen LogP contribution in [0.4, 0.5) is 5.69 Å². The fourth-order valence-corrected chi connectivity index (χ4v) is 4.80. The lowest BCUT2D eigenvalue weighted by molar-refractivity contribution is 0.140. The lowest BCUT2D eigenvalue weighted by atomic mass is 10.1. The van der Waals surface area contributed by atoms with E-state index in [0.29, 0.717) is 34.6 Å². The fraction of sp³-hybridized carbons (Fsp3) is 0.375. The molecule has 1 fully saturated rings. The average Bonchev–Trinajstić information content (AvgIpc) is 3.15. The quantitative estimate of drug-likeness (QED) is 0.473. The highest BCUT2D eigenvalue weighted by Gasteiger charge is 2.28. The number of aryl methyl sites for hydroxylation is 1. The smallest absolute Gasteiger partial charge is 0.345 e. The Labute approximate surface area is 180 Å². The Morgan fingerprint density at radius 1 is 1.13 bits per heavy atom. The van der Waals surface area contributed by atoms with Crippen molar-refractivity contribution in [1.82, 2.24) is 19.3 Å². The molecular weight excluding hydrogens is 390 g/mol. The average molecular weight is 418 g/mol. The Morgan fingerprint density at radius 2 is 1.90 bits per heavy atom. The molecule has 0 saturated carbocycles. The second-order valence-corrected chi connectivity index (χ2v) is 8.52. The van der Waals surface area contributed by atoms with E-state index < -0.39 is 0 Å². The molecule has 4 heterocycles. The van der Waals surface area contributed by atoms with Crippen LogP contribution in [-0.4, -0.2) is 51.0 Å². The van der Waals surface area contributed by atoms with E-state index in [4.69, 9.17) is 4.42 Å². The van der Waals surface area contributed by atoms with Crippen LogP contribution >= 0.6 is 0 Å². The van der Waals surface area contributed by atoms with Crippen molar-refractivity contribution in [3.8, 4) is 11.3 Å². The number of benzene rings is 1. The summed E-state index contributed by atoms with van der Waals surface area (Å²) >= 11 is 0. The van der Waals surface area contributed by atoms with Crippen molar-refractivity contribution in [3.63, 3.8) is 0 Å². The molecule has 2 atom stereocenters. The number of hydrogen-bond donors (Lipinski definition) is 0. The van der Waals surface area contributed by atoms with E-state index in [1.807, 2.05) is 41.9 Å². The lowest BCUT2D eigenvalue weighted by Crippen LogP contribution is -2.56. The number of aromatic nitrogens is 3. The van der Waals surface area contributed by atoms with Crippen LogP contribution in [0.1, 0.15) is 26.5 Å². The summed E-state index contributed by atoms with van der Waals surface area (Å²) in [5.41, 5.74) is 3.95. The van der Waals surface area contributed by atoms with Gasteiger partial charge in [-0.1, -0.05) is 6.92 Å². The maximum absolute atomic E-state index is 12.8. The van der Waals surface area contributed by atoms with Crippen LogP contribution in [0.3, 0.4) is 0 Å². The van der Waals surface area contributed by atoms with Crippen LogP contribution in [-0.2, 0) is 0 Å². The Hall–Kier alpha value is -3.19. The molecule has 3 aromatic heterocycles. The van der Waals surface area contributed by atoms with Crippen molar-refractivity contribution in [1.29, 1.82) is 0 Å². The number of rotatable bonds is 3. The summed E-state index contributed by atoms with van der Waals surface area (Å²) in [5, 5.41) is 0.887. The second-order valence-electron chi connectivity index (χ2n) is 8.52. The van der Waals surface area contributed by atoms with Gasteiger partial charge in [-0.2, -0.15) is 0 Å². The van der Waals surface area contributed by atoms with Gasteiger partial charge in [0.2, 0.25) is 0 Å². The Morgan fingerprint density at radius 3 is 2.65 bits per heavy atom. The van der Waals surface area contributed by atoms with Crippen molar-refractivity contribution in [2.24, 2.45) is 0 Å². The maximum Gasteiger partial charge on any atom is 0.345 e. The first-order valence-electron chi connectivity index (χ1n) is 10.8. The molecule has 7 heteroatoms. The van der Waals surface area contributed by atoms with Crippen LogP contribution in [0, 0.1) is 6.92 Å². The van der Waals surface area contributed by atoms with E-state index in [2.05, 4.69) is 46.6 Å². The van der Waals surface area contributed by atoms with E-state index in [1.165, 1.54) is 0 Å². The molecule has 0 radical (unpaired) electrons. The first-order valence-corrected chi connectivity index (χ1v) is 10.8. The van der Waals surface area contributed by atoms with Gasteiger partial charge < -0.3 is 13.7 Å². The van der Waals surface area contributed by atoms with Crippen LogP contribution < -0.4 is 10.5 Å². The van der Waals surface area contributed by atoms with Crippen LogP contribution in [0.2, 0.25) is 0 Å². The number of hydrogen-bond acceptors (Lipinski definition) is 6. The minimum Gasteiger partial charge on any atom is -0.422 e. The number of nitrogens with zero attached hydrogens (tertiary/aromatic N) is 5. The van der Waals surface area contributed by atoms with Gasteiger partial charge in [-0.15, -0.1) is 0 Å². The topological polar surface area (TPSA) is 66.9 Å². The molecule has 0 bridgehead atoms. The first-order chi connectivity index (χ1) is 14.9. The van der Waals surface area contributed by atoms with E-state index in [-0.39, 0.29) is 5.63 Å². The molecule has 0 N–H and O–H groups in total. The van der Waals surface area contributed by atoms with Gasteiger partial charge in [0.1, 0.15) is 5.58 Å². The van der Waals surface area contributed by atoms with E-state index >= 15 is 0 Å². The third-order valence-electron chi connectivity index (χ3n) is 6.30. The summed E-state index contributed by atoms with van der Waals surface area (Å²) in [5.74, 6) is 0. The van der Waals surface area contributed by atoms with Gasteiger partial charge in [-0.25, -0.2) is 9.78 Å². The van der Waals surface area contributed by atoms with Crippen LogP contribution in [0.15, 0.2) is 52.1 Å². The highest BCUT2D eigenvalue weighted by atomic mass is 16.4. The highest BCUT2D eigenvalue weighted by molar-refractivity contribution is 5.84. The molecule has 7 nitrogen and oxygen atoms in total. The van der Waals surface area contributed by atoms with Crippen molar-refractivity contribution in [3.05, 3.63) is 59.0 Å². The summed E-state index contributed by atoms with van der Waals surface area (Å²) in [6.45, 7) is 11.7. The predicted octanol–water partition coefficient (Wildman–Crippen LogP) is 3.73. The molecule has 1 aliphatic heterocycles. The van der Waals surface area contributed by atoms with Crippen molar-refractivity contribution >= 4 is 22.3 Å². The van der Waals surface area contributed by atoms with E-state index in [1.54, 1.807) is 6.20 Å². The van der Waals surface area contributed by atoms with Gasteiger partial charge in [0, 0.05) is 54.7 Å². The SMILES string of the molecule is CCN1[C@H](C)CN(c2ccc3cc(-c4cn5cc(C)ncc5n4)c(=O)oc3c2)C[C@@H]1C. The molecule has 1 saturated heterocycles. The molecule has 0 aliphatic carbocycles. The second kappa shape index (κ2) is 7.50. The van der Waals surface area contributed by atoms with Crippen molar-refractivity contribution in [2.45, 2.75) is 39.8 Å². The molecule has 5 rings (SSSR count). The van der Waals surface area contributed by atoms with E-state index in [9.17, 15) is 4.79 Å². The van der Waals surface area contributed by atoms with E-state index in [0.717, 1.165) is 36.4 Å². The van der Waals surface area contributed by atoms with Crippen LogP contribution in [0.5, 0.6) is 0 Å². The largest absolute Gasteiger partial charge is 0.422 e. The Kier molecular flexibility index (Phi) is 4.78. The normalized spacial score (nSPS) is 20.1. The summed E-state index contributed by atoms with van der Waals surface area (Å²) in [7, 11) is 0. The number of anilines is 1. The van der Waals surface area contributed by atoms with Crippen molar-refractivity contribution in [2.75, 3.05) is 24.5 Å². The monoisotopic (exact) mass is 417 g/mol. The maximum atomic E-state index is 12.8. The molecule has 0 amide bonds. The number of imidazole rings is 1. The van der Waals surface area contributed by atoms with Gasteiger partial charge in [-0.05, 0) is 45.5 Å². The van der Waals surface area contributed by atoms with Gasteiger partial charge in [0.15, 0.2) is 5.65 Å². The summed E-state index contributed by atoms with van der Waals surface area (Å²) in [6, 6.07) is 8.95. The zero-order chi connectivity index (χ0) is 21.7. The lowest BCUT2D eigenvalue weighted by Gasteiger charge is -2.45. The molecule has 0 unspecified atom stereocenters. The zero-order valence-corrected chi connectivity index (χ0v) is 18.4. The minimum atomic E-state index is -0.379. The molecule has 4 aromatic rings. The summed E-state index contributed by atoms with van der Waals surface area (Å²) < 4.78 is 7.61. The summed E-state index contributed by atoms with van der Waals surface area (Å²) in [6.07, 6.45) is 5.43. The number of likely N-dealkylation sites (N-methyl/N-ethyl adjacent to an activating group) is 1. The molecular formula is C24H27N5O2. The molecule has 31 heavy (non-hydrogen) atoms. The number of fused-ring (bicyclic) bond motifs is 2. The van der Waals surface area contributed by atoms with Crippen LogP contribution in [0.25, 0.3) is 27.9 Å². The van der Waals surface area contributed by atoms with Gasteiger partial charge in [0.25, 0.3) is 0 Å². The van der Waals surface area contributed by atoms with Gasteiger partial charge in [-0.3, -0.25) is 9.88 Å². The standard InChI is InChI=1S/C24H27N5O2/c1-5-29-16(3)12-27(13-17(29)4)19-7-6-18-8-20(24(30)31-22(18)9-19)21-14-28-11-15(2)25-10-23(28)26-21/h6-11,14,16-17H,5,12-13H2,1-4H3/t16-,17+. The highest BCUT2D eigenvalue weighted by Crippen LogP contribution is 2.27. The third-order valence-corrected chi connectivity index (χ3v) is 6.30. The Balaban J connectivity index is 1.50. The molecule has 0 spiro atoms. The predicted molar refractivity (Wildman–Crippen MR) is 123 cm³/mol. The zero-order valence-electron chi connectivity index (χ0n) is 18.4. The third kappa shape index (κ3) is 3.49. The molecule has 1 aromatic carbocycles. The molecule has 160 valence electrons.